The molecule has 0 unspecified atom stereocenters. The summed E-state index contributed by atoms with van der Waals surface area (Å²) in [6, 6.07) is 32.1. The Morgan fingerprint density at radius 3 is 1.96 bits per heavy atom. The molecule has 3 nitrogen and oxygen atoms in total. The highest BCUT2D eigenvalue weighted by Gasteiger charge is 2.20. The summed E-state index contributed by atoms with van der Waals surface area (Å²) in [4.78, 5) is 4.30. The fourth-order valence-electron chi connectivity index (χ4n) is 3.55. The van der Waals surface area contributed by atoms with Crippen LogP contribution in [0.2, 0.25) is 0 Å². The second-order valence-corrected chi connectivity index (χ2v) is 6.49. The third kappa shape index (κ3) is 2.61. The number of hydrogen-bond donors (Lipinski definition) is 0. The molecule has 0 aliphatic rings. The van der Waals surface area contributed by atoms with E-state index in [9.17, 15) is 5.11 Å². The molecule has 0 amide bonds. The molecule has 0 aliphatic carbocycles. The minimum atomic E-state index is -0.219. The molecule has 5 aromatic rings. The van der Waals surface area contributed by atoms with E-state index in [1.807, 2.05) is 71.1 Å². The number of para-hydroxylation sites is 2. The number of aromatic nitrogens is 2. The third-order valence-electron chi connectivity index (χ3n) is 4.81. The van der Waals surface area contributed by atoms with Crippen LogP contribution in [0.1, 0.15) is 0 Å². The molecule has 0 saturated heterocycles. The van der Waals surface area contributed by atoms with Crippen molar-refractivity contribution in [3.05, 3.63) is 97.1 Å². The zero-order valence-corrected chi connectivity index (χ0v) is 14.5. The molecule has 3 aromatic carbocycles. The molecular weight excluding hydrogens is 332 g/mol. The van der Waals surface area contributed by atoms with E-state index in [1.54, 1.807) is 0 Å². The van der Waals surface area contributed by atoms with Crippen molar-refractivity contribution in [2.45, 2.75) is 0 Å². The Hall–Kier alpha value is -3.72. The minimum absolute atomic E-state index is 0.219. The van der Waals surface area contributed by atoms with Gasteiger partial charge in [0.15, 0.2) is 0 Å². The van der Waals surface area contributed by atoms with Gasteiger partial charge < -0.3 is 5.11 Å². The third-order valence-corrected chi connectivity index (χ3v) is 4.81. The standard InChI is InChI=1S/C24H16N2O/c27-24-23-16-19(17-9-3-1-4-10-17)15-22(18-11-5-2-6-12-18)26(23)21-14-8-7-13-20(21)25-24/h1-16H. The molecular formula is C24H16N2O. The van der Waals surface area contributed by atoms with Crippen molar-refractivity contribution in [3.63, 3.8) is 0 Å². The Balaban J connectivity index is 1.96. The van der Waals surface area contributed by atoms with Crippen molar-refractivity contribution < 1.29 is 9.51 Å². The quantitative estimate of drug-likeness (QED) is 0.351. The summed E-state index contributed by atoms with van der Waals surface area (Å²) in [6.07, 6.45) is 0. The van der Waals surface area contributed by atoms with E-state index in [2.05, 4.69) is 35.3 Å². The first-order valence-corrected chi connectivity index (χ1v) is 8.88. The fourth-order valence-corrected chi connectivity index (χ4v) is 3.55. The summed E-state index contributed by atoms with van der Waals surface area (Å²) in [5.74, 6) is -0.219. The molecule has 3 heteroatoms. The van der Waals surface area contributed by atoms with Gasteiger partial charge in [0.1, 0.15) is 5.52 Å². The Morgan fingerprint density at radius 2 is 1.22 bits per heavy atom. The minimum Gasteiger partial charge on any atom is -0.854 e. The Labute approximate surface area is 156 Å². The second-order valence-electron chi connectivity index (χ2n) is 6.49. The van der Waals surface area contributed by atoms with Gasteiger partial charge in [-0.2, -0.15) is 4.40 Å². The maximum atomic E-state index is 12.8. The molecule has 0 bridgehead atoms. The molecule has 0 aliphatic heterocycles. The predicted octanol–water partition coefficient (Wildman–Crippen LogP) is 4.38. The van der Waals surface area contributed by atoms with Gasteiger partial charge >= 0.3 is 0 Å². The number of pyridine rings is 1. The largest absolute Gasteiger partial charge is 0.854 e. The van der Waals surface area contributed by atoms with Crippen LogP contribution >= 0.6 is 0 Å². The molecule has 0 saturated carbocycles. The normalized spacial score (nSPS) is 11.1. The van der Waals surface area contributed by atoms with Gasteiger partial charge in [0, 0.05) is 23.8 Å². The molecule has 2 heterocycles. The highest BCUT2D eigenvalue weighted by atomic mass is 16.3. The van der Waals surface area contributed by atoms with Crippen molar-refractivity contribution in [1.29, 1.82) is 0 Å². The molecule has 0 fully saturated rings. The van der Waals surface area contributed by atoms with Gasteiger partial charge in [-0.15, -0.1) is 0 Å². The Kier molecular flexibility index (Phi) is 3.58. The van der Waals surface area contributed by atoms with E-state index < -0.39 is 0 Å². The van der Waals surface area contributed by atoms with Crippen LogP contribution in [0.15, 0.2) is 97.1 Å². The number of rotatable bonds is 2. The van der Waals surface area contributed by atoms with Crippen molar-refractivity contribution in [2.75, 3.05) is 0 Å². The number of nitrogens with zero attached hydrogens (tertiary/aromatic N) is 2. The topological polar surface area (TPSA) is 40.1 Å². The van der Waals surface area contributed by atoms with Crippen LogP contribution in [-0.4, -0.2) is 4.98 Å². The van der Waals surface area contributed by atoms with Gasteiger partial charge in [-0.3, -0.25) is 4.98 Å². The monoisotopic (exact) mass is 348 g/mol. The van der Waals surface area contributed by atoms with Gasteiger partial charge in [0.2, 0.25) is 16.7 Å². The Morgan fingerprint density at radius 1 is 0.593 bits per heavy atom. The Bertz CT molecular complexity index is 1270. The van der Waals surface area contributed by atoms with E-state index in [1.165, 1.54) is 0 Å². The maximum absolute atomic E-state index is 12.8. The lowest BCUT2D eigenvalue weighted by atomic mass is 10.0. The number of hydrogen-bond acceptors (Lipinski definition) is 2. The van der Waals surface area contributed by atoms with Crippen molar-refractivity contribution in [2.24, 2.45) is 0 Å². The van der Waals surface area contributed by atoms with Crippen LogP contribution in [0.3, 0.4) is 0 Å². The maximum Gasteiger partial charge on any atom is 0.237 e. The summed E-state index contributed by atoms with van der Waals surface area (Å²) in [5.41, 5.74) is 6.31. The van der Waals surface area contributed by atoms with Crippen LogP contribution < -0.4 is 9.51 Å². The molecule has 5 rings (SSSR count). The average Bonchev–Trinajstić information content (AvgIpc) is 2.74. The lowest BCUT2D eigenvalue weighted by molar-refractivity contribution is -0.474. The van der Waals surface area contributed by atoms with Crippen LogP contribution in [0.25, 0.3) is 38.9 Å². The van der Waals surface area contributed by atoms with Crippen LogP contribution in [-0.2, 0) is 0 Å². The first-order chi connectivity index (χ1) is 13.3. The van der Waals surface area contributed by atoms with E-state index in [0.717, 1.165) is 27.9 Å². The number of benzene rings is 3. The van der Waals surface area contributed by atoms with Crippen molar-refractivity contribution >= 4 is 16.6 Å². The first-order valence-electron chi connectivity index (χ1n) is 8.88. The van der Waals surface area contributed by atoms with E-state index in [4.69, 9.17) is 0 Å². The lowest BCUT2D eigenvalue weighted by Gasteiger charge is -2.11. The molecule has 0 spiro atoms. The zero-order chi connectivity index (χ0) is 18.2. The molecule has 27 heavy (non-hydrogen) atoms. The highest BCUT2D eigenvalue weighted by Crippen LogP contribution is 2.28. The van der Waals surface area contributed by atoms with Gasteiger partial charge in [-0.25, -0.2) is 0 Å². The van der Waals surface area contributed by atoms with Gasteiger partial charge in [-0.05, 0) is 29.3 Å². The smallest absolute Gasteiger partial charge is 0.237 e. The summed E-state index contributed by atoms with van der Waals surface area (Å²) >= 11 is 0. The molecule has 0 N–H and O–H groups in total. The van der Waals surface area contributed by atoms with E-state index >= 15 is 0 Å². The van der Waals surface area contributed by atoms with Crippen LogP contribution in [0, 0.1) is 0 Å². The average molecular weight is 348 g/mol. The van der Waals surface area contributed by atoms with Crippen molar-refractivity contribution in [3.8, 4) is 28.3 Å². The van der Waals surface area contributed by atoms with Gasteiger partial charge in [0.05, 0.1) is 5.88 Å². The van der Waals surface area contributed by atoms with Gasteiger partial charge in [0.25, 0.3) is 0 Å². The predicted molar refractivity (Wildman–Crippen MR) is 105 cm³/mol. The van der Waals surface area contributed by atoms with Crippen molar-refractivity contribution in [1.82, 2.24) is 4.98 Å². The highest BCUT2D eigenvalue weighted by molar-refractivity contribution is 5.79. The number of fused-ring (bicyclic) bond motifs is 3. The fraction of sp³-hybridized carbons (Fsp3) is 0. The summed E-state index contributed by atoms with van der Waals surface area (Å²) < 4.78 is 2.02. The SMILES string of the molecule is [O-]c1nc2ccccc2[n+]2c(-c3ccccc3)cc(-c3ccccc3)cc12. The summed E-state index contributed by atoms with van der Waals surface area (Å²) in [7, 11) is 0. The van der Waals surface area contributed by atoms with Crippen LogP contribution in [0.5, 0.6) is 5.88 Å². The molecule has 0 atom stereocenters. The molecule has 2 aromatic heterocycles. The zero-order valence-electron chi connectivity index (χ0n) is 14.5. The van der Waals surface area contributed by atoms with E-state index in [0.29, 0.717) is 11.0 Å². The van der Waals surface area contributed by atoms with E-state index in [-0.39, 0.29) is 5.88 Å². The van der Waals surface area contributed by atoms with Crippen LogP contribution in [0.4, 0.5) is 0 Å². The van der Waals surface area contributed by atoms with Gasteiger partial charge in [-0.1, -0.05) is 60.7 Å². The first kappa shape index (κ1) is 15.5. The summed E-state index contributed by atoms with van der Waals surface area (Å²) in [6.45, 7) is 0. The molecule has 0 radical (unpaired) electrons. The second kappa shape index (κ2) is 6.22. The molecule has 128 valence electrons. The summed E-state index contributed by atoms with van der Waals surface area (Å²) in [5, 5.41) is 12.8. The lowest BCUT2D eigenvalue weighted by Crippen LogP contribution is -2.28.